The fraction of sp³-hybridized carbons (Fsp3) is 0.0714. The molecular formula is C14H10BrF2N3. The Labute approximate surface area is 122 Å². The van der Waals surface area contributed by atoms with Gasteiger partial charge in [0.05, 0.1) is 12.1 Å². The van der Waals surface area contributed by atoms with Crippen LogP contribution in [0.25, 0.3) is 11.0 Å². The highest BCUT2D eigenvalue weighted by Gasteiger charge is 2.16. The first-order chi connectivity index (χ1) is 9.58. The minimum atomic E-state index is -0.932. The Morgan fingerprint density at radius 1 is 1.15 bits per heavy atom. The molecule has 1 heterocycles. The van der Waals surface area contributed by atoms with E-state index in [0.717, 1.165) is 16.1 Å². The molecule has 6 heteroatoms. The number of halogens is 3. The lowest BCUT2D eigenvalue weighted by Gasteiger charge is -2.09. The standard InChI is InChI=1S/C14H10BrF2N3/c15-9-4-2-1-3-8(9)7-20-13-11(19-14(20)18)6-5-10(16)12(13)17/h1-6H,7H2,(H2,18,19). The molecule has 0 aliphatic heterocycles. The van der Waals surface area contributed by atoms with E-state index in [1.54, 1.807) is 0 Å². The summed E-state index contributed by atoms with van der Waals surface area (Å²) in [5.74, 6) is -1.69. The van der Waals surface area contributed by atoms with E-state index in [-0.39, 0.29) is 11.5 Å². The normalized spacial score (nSPS) is 11.2. The summed E-state index contributed by atoms with van der Waals surface area (Å²) in [6.07, 6.45) is 0. The van der Waals surface area contributed by atoms with Gasteiger partial charge in [0.15, 0.2) is 11.6 Å². The van der Waals surface area contributed by atoms with Crippen molar-refractivity contribution in [1.82, 2.24) is 9.55 Å². The third kappa shape index (κ3) is 2.06. The zero-order valence-corrected chi connectivity index (χ0v) is 11.9. The molecule has 0 saturated heterocycles. The second-order valence-electron chi connectivity index (χ2n) is 4.38. The van der Waals surface area contributed by atoms with Crippen LogP contribution in [0.4, 0.5) is 14.7 Å². The maximum Gasteiger partial charge on any atom is 0.201 e. The van der Waals surface area contributed by atoms with Gasteiger partial charge in [0.25, 0.3) is 0 Å². The number of rotatable bonds is 2. The molecule has 0 unspecified atom stereocenters. The van der Waals surface area contributed by atoms with E-state index in [9.17, 15) is 8.78 Å². The fourth-order valence-corrected chi connectivity index (χ4v) is 2.54. The summed E-state index contributed by atoms with van der Waals surface area (Å²) in [7, 11) is 0. The quantitative estimate of drug-likeness (QED) is 0.774. The van der Waals surface area contributed by atoms with Gasteiger partial charge in [-0.1, -0.05) is 34.1 Å². The zero-order chi connectivity index (χ0) is 14.3. The maximum atomic E-state index is 14.0. The van der Waals surface area contributed by atoms with Crippen LogP contribution in [0.15, 0.2) is 40.9 Å². The van der Waals surface area contributed by atoms with E-state index >= 15 is 0 Å². The van der Waals surface area contributed by atoms with Gasteiger partial charge in [0.2, 0.25) is 5.95 Å². The Kier molecular flexibility index (Phi) is 3.17. The van der Waals surface area contributed by atoms with Crippen molar-refractivity contribution in [1.29, 1.82) is 0 Å². The number of nitrogens with two attached hydrogens (primary N) is 1. The van der Waals surface area contributed by atoms with Crippen molar-refractivity contribution >= 4 is 32.9 Å². The van der Waals surface area contributed by atoms with Crippen LogP contribution in [0.1, 0.15) is 5.56 Å². The molecule has 0 fully saturated rings. The largest absolute Gasteiger partial charge is 0.369 e. The van der Waals surface area contributed by atoms with Crippen molar-refractivity contribution in [2.24, 2.45) is 0 Å². The van der Waals surface area contributed by atoms with Gasteiger partial charge in [-0.05, 0) is 23.8 Å². The lowest BCUT2D eigenvalue weighted by atomic mass is 10.2. The molecular weight excluding hydrogens is 328 g/mol. The molecule has 0 radical (unpaired) electrons. The van der Waals surface area contributed by atoms with Gasteiger partial charge in [0.1, 0.15) is 5.52 Å². The highest BCUT2D eigenvalue weighted by atomic mass is 79.9. The van der Waals surface area contributed by atoms with Gasteiger partial charge in [0, 0.05) is 4.47 Å². The predicted octanol–water partition coefficient (Wildman–Crippen LogP) is 3.71. The number of nitrogens with zero attached hydrogens (tertiary/aromatic N) is 2. The second-order valence-corrected chi connectivity index (χ2v) is 5.23. The highest BCUT2D eigenvalue weighted by Crippen LogP contribution is 2.26. The van der Waals surface area contributed by atoms with Crippen LogP contribution >= 0.6 is 15.9 Å². The summed E-state index contributed by atoms with van der Waals surface area (Å²) >= 11 is 3.42. The molecule has 0 atom stereocenters. The van der Waals surface area contributed by atoms with Gasteiger partial charge in [-0.25, -0.2) is 13.8 Å². The first-order valence-electron chi connectivity index (χ1n) is 5.91. The number of aromatic nitrogens is 2. The van der Waals surface area contributed by atoms with Crippen LogP contribution in [-0.2, 0) is 6.54 Å². The molecule has 0 saturated carbocycles. The monoisotopic (exact) mass is 337 g/mol. The molecule has 102 valence electrons. The lowest BCUT2D eigenvalue weighted by Crippen LogP contribution is -2.06. The number of fused-ring (bicyclic) bond motifs is 1. The van der Waals surface area contributed by atoms with Gasteiger partial charge in [-0.15, -0.1) is 0 Å². The molecule has 0 aliphatic rings. The van der Waals surface area contributed by atoms with Crippen molar-refractivity contribution in [3.8, 4) is 0 Å². The Morgan fingerprint density at radius 3 is 2.65 bits per heavy atom. The molecule has 2 aromatic carbocycles. The second kappa shape index (κ2) is 4.86. The number of anilines is 1. The molecule has 0 bridgehead atoms. The van der Waals surface area contributed by atoms with Crippen molar-refractivity contribution in [2.45, 2.75) is 6.54 Å². The summed E-state index contributed by atoms with van der Waals surface area (Å²) in [6, 6.07) is 9.97. The number of benzene rings is 2. The number of hydrogen-bond donors (Lipinski definition) is 1. The minimum Gasteiger partial charge on any atom is -0.369 e. The first-order valence-corrected chi connectivity index (χ1v) is 6.70. The average Bonchev–Trinajstić information content (AvgIpc) is 2.74. The van der Waals surface area contributed by atoms with Gasteiger partial charge in [-0.2, -0.15) is 0 Å². The molecule has 3 aromatic rings. The van der Waals surface area contributed by atoms with E-state index in [4.69, 9.17) is 5.73 Å². The first kappa shape index (κ1) is 13.1. The minimum absolute atomic E-state index is 0.0817. The Balaban J connectivity index is 2.19. The van der Waals surface area contributed by atoms with Crippen LogP contribution in [0.3, 0.4) is 0 Å². The molecule has 0 spiro atoms. The molecule has 0 amide bonds. The fourth-order valence-electron chi connectivity index (χ4n) is 2.13. The van der Waals surface area contributed by atoms with E-state index in [0.29, 0.717) is 12.1 Å². The molecule has 2 N–H and O–H groups in total. The summed E-state index contributed by atoms with van der Waals surface area (Å²) in [4.78, 5) is 4.06. The van der Waals surface area contributed by atoms with Crippen LogP contribution in [0, 0.1) is 11.6 Å². The highest BCUT2D eigenvalue weighted by molar-refractivity contribution is 9.10. The summed E-state index contributed by atoms with van der Waals surface area (Å²) in [5.41, 5.74) is 7.15. The smallest absolute Gasteiger partial charge is 0.201 e. The third-order valence-corrected chi connectivity index (χ3v) is 3.89. The topological polar surface area (TPSA) is 43.8 Å². The van der Waals surface area contributed by atoms with Crippen molar-refractivity contribution in [3.63, 3.8) is 0 Å². The molecule has 20 heavy (non-hydrogen) atoms. The Bertz CT molecular complexity index is 798. The van der Waals surface area contributed by atoms with Gasteiger partial charge >= 0.3 is 0 Å². The summed E-state index contributed by atoms with van der Waals surface area (Å²) < 4.78 is 29.7. The lowest BCUT2D eigenvalue weighted by molar-refractivity contribution is 0.512. The van der Waals surface area contributed by atoms with Crippen LogP contribution in [0.2, 0.25) is 0 Å². The SMILES string of the molecule is Nc1nc2ccc(F)c(F)c2n1Cc1ccccc1Br. The molecule has 1 aromatic heterocycles. The maximum absolute atomic E-state index is 14.0. The van der Waals surface area contributed by atoms with Gasteiger partial charge < -0.3 is 10.3 Å². The molecule has 0 aliphatic carbocycles. The molecule has 3 rings (SSSR count). The van der Waals surface area contributed by atoms with E-state index < -0.39 is 11.6 Å². The van der Waals surface area contributed by atoms with Gasteiger partial charge in [-0.3, -0.25) is 0 Å². The van der Waals surface area contributed by atoms with Crippen LogP contribution in [0.5, 0.6) is 0 Å². The number of imidazole rings is 1. The third-order valence-electron chi connectivity index (χ3n) is 3.12. The molecule has 3 nitrogen and oxygen atoms in total. The summed E-state index contributed by atoms with van der Waals surface area (Å²) in [5, 5.41) is 0. The predicted molar refractivity (Wildman–Crippen MR) is 77.3 cm³/mol. The average molecular weight is 338 g/mol. The number of hydrogen-bond acceptors (Lipinski definition) is 2. The van der Waals surface area contributed by atoms with E-state index in [1.807, 2.05) is 24.3 Å². The Hall–Kier alpha value is -1.95. The summed E-state index contributed by atoms with van der Waals surface area (Å²) in [6.45, 7) is 0.310. The van der Waals surface area contributed by atoms with E-state index in [1.165, 1.54) is 10.6 Å². The van der Waals surface area contributed by atoms with Crippen molar-refractivity contribution in [2.75, 3.05) is 5.73 Å². The zero-order valence-electron chi connectivity index (χ0n) is 10.3. The van der Waals surface area contributed by atoms with Crippen molar-refractivity contribution < 1.29 is 8.78 Å². The van der Waals surface area contributed by atoms with E-state index in [2.05, 4.69) is 20.9 Å². The Morgan fingerprint density at radius 2 is 1.90 bits per heavy atom. The van der Waals surface area contributed by atoms with Crippen LogP contribution in [-0.4, -0.2) is 9.55 Å². The van der Waals surface area contributed by atoms with Crippen LogP contribution < -0.4 is 5.73 Å². The van der Waals surface area contributed by atoms with Crippen molar-refractivity contribution in [3.05, 3.63) is 58.1 Å². The number of nitrogen functional groups attached to an aromatic ring is 1.